The van der Waals surface area contributed by atoms with E-state index >= 15 is 0 Å². The summed E-state index contributed by atoms with van der Waals surface area (Å²) in [7, 11) is 0. The lowest BCUT2D eigenvalue weighted by Gasteiger charge is -2.35. The summed E-state index contributed by atoms with van der Waals surface area (Å²) in [5, 5.41) is 3.03. The average Bonchev–Trinajstić information content (AvgIpc) is 2.85. The zero-order valence-electron chi connectivity index (χ0n) is 12.5. The largest absolute Gasteiger partial charge is 0.465 e. The molecule has 0 radical (unpaired) electrons. The Bertz CT molecular complexity index is 478. The van der Waals surface area contributed by atoms with Crippen LogP contribution in [0.2, 0.25) is 0 Å². The van der Waals surface area contributed by atoms with Crippen molar-refractivity contribution < 1.29 is 13.9 Å². The van der Waals surface area contributed by atoms with Crippen LogP contribution in [0.4, 0.5) is 4.79 Å². The Morgan fingerprint density at radius 1 is 1.29 bits per heavy atom. The van der Waals surface area contributed by atoms with Gasteiger partial charge in [0.1, 0.15) is 11.5 Å². The Morgan fingerprint density at radius 3 is 2.62 bits per heavy atom. The van der Waals surface area contributed by atoms with E-state index in [1.165, 1.54) is 0 Å². The van der Waals surface area contributed by atoms with E-state index in [1.54, 1.807) is 0 Å². The lowest BCUT2D eigenvalue weighted by atomic mass is 10.1. The van der Waals surface area contributed by atoms with Crippen LogP contribution in [-0.2, 0) is 4.74 Å². The number of furan rings is 1. The Kier molecular flexibility index (Phi) is 4.45. The van der Waals surface area contributed by atoms with Gasteiger partial charge in [0.15, 0.2) is 0 Å². The minimum Gasteiger partial charge on any atom is -0.465 e. The summed E-state index contributed by atoms with van der Waals surface area (Å²) in [5.74, 6) is 1.82. The van der Waals surface area contributed by atoms with Crippen LogP contribution >= 0.6 is 0 Å². The van der Waals surface area contributed by atoms with Crippen LogP contribution in [0.1, 0.15) is 24.0 Å². The number of carbonyl (C=O) groups excluding carboxylic acids is 1. The number of nitrogens with one attached hydrogen (secondary N) is 1. The summed E-state index contributed by atoms with van der Waals surface area (Å²) in [4.78, 5) is 16.1. The zero-order valence-corrected chi connectivity index (χ0v) is 12.5. The molecule has 1 aromatic heterocycles. The molecule has 2 aliphatic heterocycles. The smallest absolute Gasteiger partial charge is 0.317 e. The SMILES string of the molecule is Cc1ccc(C(CNC(=O)N2CCC2)N2CCOCC2)o1. The molecule has 1 N–H and O–H groups in total. The molecule has 6 nitrogen and oxygen atoms in total. The predicted molar refractivity (Wildman–Crippen MR) is 78.2 cm³/mol. The molecule has 21 heavy (non-hydrogen) atoms. The number of ether oxygens (including phenoxy) is 1. The number of morpholine rings is 1. The first-order chi connectivity index (χ1) is 10.2. The number of nitrogens with zero attached hydrogens (tertiary/aromatic N) is 2. The molecular formula is C15H23N3O3. The molecule has 0 aromatic carbocycles. The molecule has 6 heteroatoms. The fourth-order valence-electron chi connectivity index (χ4n) is 2.75. The van der Waals surface area contributed by atoms with Crippen molar-refractivity contribution in [1.82, 2.24) is 15.1 Å². The summed E-state index contributed by atoms with van der Waals surface area (Å²) in [6.45, 7) is 7.45. The van der Waals surface area contributed by atoms with Gasteiger partial charge in [-0.3, -0.25) is 4.90 Å². The molecular weight excluding hydrogens is 270 g/mol. The monoisotopic (exact) mass is 293 g/mol. The van der Waals surface area contributed by atoms with Gasteiger partial charge in [-0.25, -0.2) is 4.79 Å². The minimum atomic E-state index is 0.0304. The van der Waals surface area contributed by atoms with Crippen LogP contribution in [0.3, 0.4) is 0 Å². The number of likely N-dealkylation sites (tertiary alicyclic amines) is 1. The second-order valence-corrected chi connectivity index (χ2v) is 5.64. The molecule has 2 fully saturated rings. The van der Waals surface area contributed by atoms with Gasteiger partial charge in [0.05, 0.1) is 19.3 Å². The van der Waals surface area contributed by atoms with Crippen molar-refractivity contribution in [2.24, 2.45) is 0 Å². The van der Waals surface area contributed by atoms with E-state index < -0.39 is 0 Å². The maximum Gasteiger partial charge on any atom is 0.317 e. The van der Waals surface area contributed by atoms with Crippen LogP contribution in [-0.4, -0.2) is 61.8 Å². The summed E-state index contributed by atoms with van der Waals surface area (Å²) < 4.78 is 11.2. The molecule has 0 saturated carbocycles. The quantitative estimate of drug-likeness (QED) is 0.911. The third-order valence-corrected chi connectivity index (χ3v) is 4.17. The van der Waals surface area contributed by atoms with Crippen molar-refractivity contribution in [2.45, 2.75) is 19.4 Å². The van der Waals surface area contributed by atoms with Crippen LogP contribution < -0.4 is 5.32 Å². The number of carbonyl (C=O) groups is 1. The third kappa shape index (κ3) is 3.39. The lowest BCUT2D eigenvalue weighted by Crippen LogP contribution is -2.50. The number of rotatable bonds is 4. The summed E-state index contributed by atoms with van der Waals surface area (Å²) in [5.41, 5.74) is 0. The van der Waals surface area contributed by atoms with Gasteiger partial charge in [0.25, 0.3) is 0 Å². The minimum absolute atomic E-state index is 0.0304. The third-order valence-electron chi connectivity index (χ3n) is 4.17. The Labute approximate surface area is 125 Å². The fourth-order valence-corrected chi connectivity index (χ4v) is 2.75. The first kappa shape index (κ1) is 14.4. The van der Waals surface area contributed by atoms with Crippen LogP contribution in [0.5, 0.6) is 0 Å². The van der Waals surface area contributed by atoms with Crippen molar-refractivity contribution in [3.05, 3.63) is 23.7 Å². The van der Waals surface area contributed by atoms with E-state index in [2.05, 4.69) is 10.2 Å². The molecule has 0 bridgehead atoms. The molecule has 3 rings (SSSR count). The summed E-state index contributed by atoms with van der Waals surface area (Å²) >= 11 is 0. The number of hydrogen-bond acceptors (Lipinski definition) is 4. The normalized spacial score (nSPS) is 20.9. The Balaban J connectivity index is 1.64. The fraction of sp³-hybridized carbons (Fsp3) is 0.667. The van der Waals surface area contributed by atoms with E-state index in [9.17, 15) is 4.79 Å². The van der Waals surface area contributed by atoms with Gasteiger partial charge >= 0.3 is 6.03 Å². The van der Waals surface area contributed by atoms with Crippen molar-refractivity contribution >= 4 is 6.03 Å². The first-order valence-electron chi connectivity index (χ1n) is 7.65. The van der Waals surface area contributed by atoms with E-state index in [0.29, 0.717) is 6.54 Å². The van der Waals surface area contributed by atoms with Crippen LogP contribution in [0, 0.1) is 6.92 Å². The second-order valence-electron chi connectivity index (χ2n) is 5.64. The maximum absolute atomic E-state index is 12.0. The van der Waals surface area contributed by atoms with Crippen LogP contribution in [0.25, 0.3) is 0 Å². The van der Waals surface area contributed by atoms with Gasteiger partial charge in [-0.2, -0.15) is 0 Å². The summed E-state index contributed by atoms with van der Waals surface area (Å²) in [6.07, 6.45) is 1.11. The summed E-state index contributed by atoms with van der Waals surface area (Å²) in [6, 6.07) is 4.08. The highest BCUT2D eigenvalue weighted by Gasteiger charge is 2.27. The highest BCUT2D eigenvalue weighted by molar-refractivity contribution is 5.74. The second kappa shape index (κ2) is 6.49. The van der Waals surface area contributed by atoms with Gasteiger partial charge in [-0.15, -0.1) is 0 Å². The molecule has 0 aliphatic carbocycles. The van der Waals surface area contributed by atoms with Gasteiger partial charge in [0.2, 0.25) is 0 Å². The standard InChI is InChI=1S/C15H23N3O3/c1-12-3-4-14(21-12)13(17-7-9-20-10-8-17)11-16-15(19)18-5-2-6-18/h3-4,13H,2,5-11H2,1H3,(H,16,19). The number of hydrogen-bond donors (Lipinski definition) is 1. The Morgan fingerprint density at radius 2 is 2.05 bits per heavy atom. The molecule has 1 aromatic rings. The number of urea groups is 1. The molecule has 3 heterocycles. The highest BCUT2D eigenvalue weighted by Crippen LogP contribution is 2.23. The van der Waals surface area contributed by atoms with Crippen molar-refractivity contribution in [3.8, 4) is 0 Å². The first-order valence-corrected chi connectivity index (χ1v) is 7.65. The maximum atomic E-state index is 12.0. The zero-order chi connectivity index (χ0) is 14.7. The highest BCUT2D eigenvalue weighted by atomic mass is 16.5. The molecule has 116 valence electrons. The number of aryl methyl sites for hydroxylation is 1. The van der Waals surface area contributed by atoms with Crippen molar-refractivity contribution in [3.63, 3.8) is 0 Å². The molecule has 2 amide bonds. The molecule has 1 unspecified atom stereocenters. The van der Waals surface area contributed by atoms with Gasteiger partial charge in [-0.1, -0.05) is 0 Å². The Hall–Kier alpha value is -1.53. The van der Waals surface area contributed by atoms with Gasteiger partial charge in [0, 0.05) is 32.7 Å². The molecule has 0 spiro atoms. The molecule has 1 atom stereocenters. The average molecular weight is 293 g/mol. The van der Waals surface area contributed by atoms with E-state index in [1.807, 2.05) is 24.0 Å². The van der Waals surface area contributed by atoms with E-state index in [0.717, 1.165) is 57.3 Å². The molecule has 2 aliphatic rings. The van der Waals surface area contributed by atoms with Crippen molar-refractivity contribution in [1.29, 1.82) is 0 Å². The van der Waals surface area contributed by atoms with Gasteiger partial charge < -0.3 is 19.4 Å². The van der Waals surface area contributed by atoms with Crippen LogP contribution in [0.15, 0.2) is 16.5 Å². The predicted octanol–water partition coefficient (Wildman–Crippen LogP) is 1.38. The van der Waals surface area contributed by atoms with E-state index in [4.69, 9.17) is 9.15 Å². The van der Waals surface area contributed by atoms with Gasteiger partial charge in [-0.05, 0) is 25.5 Å². The van der Waals surface area contributed by atoms with Crippen molar-refractivity contribution in [2.75, 3.05) is 45.9 Å². The lowest BCUT2D eigenvalue weighted by molar-refractivity contribution is 0.0118. The molecule has 2 saturated heterocycles. The van der Waals surface area contributed by atoms with E-state index in [-0.39, 0.29) is 12.1 Å². The number of amides is 2. The topological polar surface area (TPSA) is 58.0 Å².